The van der Waals surface area contributed by atoms with Crippen molar-refractivity contribution in [2.24, 2.45) is 5.92 Å². The average Bonchev–Trinajstić information content (AvgIpc) is 3.41. The zero-order valence-electron chi connectivity index (χ0n) is 21.0. The van der Waals surface area contributed by atoms with Crippen molar-refractivity contribution in [3.05, 3.63) is 71.8 Å². The number of hydrogen-bond acceptors (Lipinski definition) is 8. The van der Waals surface area contributed by atoms with E-state index in [1.807, 2.05) is 0 Å². The largest absolute Gasteiger partial charge is 0.477 e. The van der Waals surface area contributed by atoms with E-state index in [0.29, 0.717) is 47.6 Å². The number of rotatable bonds is 8. The second-order valence-corrected chi connectivity index (χ2v) is 10.1. The summed E-state index contributed by atoms with van der Waals surface area (Å²) in [6.07, 6.45) is 2.68. The number of halogens is 4. The Bertz CT molecular complexity index is 1470. The molecule has 208 valence electrons. The van der Waals surface area contributed by atoms with Crippen LogP contribution in [0.4, 0.5) is 34.2 Å². The van der Waals surface area contributed by atoms with Gasteiger partial charge in [-0.1, -0.05) is 19.3 Å². The van der Waals surface area contributed by atoms with Crippen molar-refractivity contribution in [3.63, 3.8) is 0 Å². The van der Waals surface area contributed by atoms with Gasteiger partial charge < -0.3 is 10.1 Å². The van der Waals surface area contributed by atoms with Gasteiger partial charge in [-0.25, -0.2) is 14.4 Å². The second-order valence-electron chi connectivity index (χ2n) is 9.33. The van der Waals surface area contributed by atoms with Crippen LogP contribution in [0.3, 0.4) is 0 Å². The van der Waals surface area contributed by atoms with Crippen molar-refractivity contribution in [1.82, 2.24) is 19.3 Å². The average molecular weight is 573 g/mol. The fourth-order valence-electron chi connectivity index (χ4n) is 4.34. The van der Waals surface area contributed by atoms with Gasteiger partial charge in [0.05, 0.1) is 12.2 Å². The van der Waals surface area contributed by atoms with Crippen LogP contribution in [-0.4, -0.2) is 31.8 Å². The van der Waals surface area contributed by atoms with Gasteiger partial charge in [0.1, 0.15) is 18.0 Å². The fraction of sp³-hybridized carbons (Fsp3) is 0.296. The Labute approximate surface area is 231 Å². The van der Waals surface area contributed by atoms with Crippen LogP contribution in [0.2, 0.25) is 0 Å². The normalized spacial score (nSPS) is 14.1. The third kappa shape index (κ3) is 6.89. The first-order valence-electron chi connectivity index (χ1n) is 12.6. The molecule has 2 N–H and O–H groups in total. The molecule has 2 heterocycles. The van der Waals surface area contributed by atoms with Crippen LogP contribution in [0.15, 0.2) is 54.9 Å². The molecule has 0 radical (unpaired) electrons. The summed E-state index contributed by atoms with van der Waals surface area (Å²) in [7, 11) is 0. The highest BCUT2D eigenvalue weighted by molar-refractivity contribution is 7.10. The van der Waals surface area contributed by atoms with Gasteiger partial charge in [-0.05, 0) is 61.2 Å². The minimum Gasteiger partial charge on any atom is -0.477 e. The van der Waals surface area contributed by atoms with Crippen LogP contribution in [0.5, 0.6) is 5.88 Å². The minimum atomic E-state index is -4.85. The molecule has 2 aromatic carbocycles. The highest BCUT2D eigenvalue weighted by atomic mass is 32.1. The number of carbonyl (C=O) groups excluding carboxylic acids is 1. The first kappa shape index (κ1) is 27.4. The Kier molecular flexibility index (Phi) is 8.19. The van der Waals surface area contributed by atoms with Crippen LogP contribution in [0.1, 0.15) is 48.0 Å². The maximum absolute atomic E-state index is 13.6. The molecule has 1 aliphatic carbocycles. The number of amides is 1. The standard InChI is InChI=1S/C27H24F4N6O2S/c28-21-11-8-18(12-20(21)27(29,30)31)24-35-26(40-37-24)36-25(38)17-6-9-19(10-7-17)34-22-13-23(33-15-32-22)39-14-16-4-2-1-3-5-16/h6-13,15-16H,1-5,14H2,(H,32,33,34)(H,35,36,37,38). The van der Waals surface area contributed by atoms with E-state index in [0.717, 1.165) is 17.6 Å². The smallest absolute Gasteiger partial charge is 0.419 e. The topological polar surface area (TPSA) is 102 Å². The van der Waals surface area contributed by atoms with Gasteiger partial charge in [-0.3, -0.25) is 10.1 Å². The molecule has 4 aromatic rings. The molecule has 13 heteroatoms. The van der Waals surface area contributed by atoms with Gasteiger partial charge in [0, 0.05) is 34.4 Å². The van der Waals surface area contributed by atoms with Crippen LogP contribution in [0, 0.1) is 11.7 Å². The quantitative estimate of drug-likeness (QED) is 0.217. The van der Waals surface area contributed by atoms with Gasteiger partial charge in [0.2, 0.25) is 11.0 Å². The number of nitrogens with zero attached hydrogens (tertiary/aromatic N) is 4. The number of ether oxygens (including phenoxy) is 1. The zero-order chi connectivity index (χ0) is 28.1. The van der Waals surface area contributed by atoms with E-state index in [9.17, 15) is 22.4 Å². The van der Waals surface area contributed by atoms with E-state index in [-0.39, 0.29) is 16.5 Å². The Balaban J connectivity index is 1.18. The summed E-state index contributed by atoms with van der Waals surface area (Å²) in [6, 6.07) is 10.8. The number of nitrogens with one attached hydrogen (secondary N) is 2. The first-order valence-corrected chi connectivity index (χ1v) is 13.4. The lowest BCUT2D eigenvalue weighted by molar-refractivity contribution is -0.139. The number of carbonyl (C=O) groups is 1. The van der Waals surface area contributed by atoms with Gasteiger partial charge >= 0.3 is 6.18 Å². The third-order valence-electron chi connectivity index (χ3n) is 6.43. The maximum Gasteiger partial charge on any atom is 0.419 e. The maximum atomic E-state index is 13.6. The summed E-state index contributed by atoms with van der Waals surface area (Å²) >= 11 is 0.798. The highest BCUT2D eigenvalue weighted by Crippen LogP contribution is 2.34. The Morgan fingerprint density at radius 1 is 1.02 bits per heavy atom. The molecule has 0 bridgehead atoms. The molecule has 1 fully saturated rings. The Morgan fingerprint density at radius 3 is 2.55 bits per heavy atom. The fourth-order valence-corrected chi connectivity index (χ4v) is 4.92. The molecule has 0 aliphatic heterocycles. The van der Waals surface area contributed by atoms with Crippen LogP contribution in [-0.2, 0) is 6.18 Å². The summed E-state index contributed by atoms with van der Waals surface area (Å²) in [5, 5.41) is 5.81. The van der Waals surface area contributed by atoms with Crippen molar-refractivity contribution in [2.75, 3.05) is 17.2 Å². The lowest BCUT2D eigenvalue weighted by Crippen LogP contribution is -2.15. The molecule has 1 amide bonds. The zero-order valence-corrected chi connectivity index (χ0v) is 21.9. The minimum absolute atomic E-state index is 0.0202. The number of benzene rings is 2. The molecule has 40 heavy (non-hydrogen) atoms. The van der Waals surface area contributed by atoms with E-state index in [4.69, 9.17) is 4.74 Å². The van der Waals surface area contributed by atoms with Crippen LogP contribution in [0.25, 0.3) is 11.4 Å². The molecular formula is C27H24F4N6O2S. The molecule has 1 saturated carbocycles. The molecule has 0 spiro atoms. The third-order valence-corrected chi connectivity index (χ3v) is 7.06. The molecule has 0 unspecified atom stereocenters. The van der Waals surface area contributed by atoms with E-state index in [2.05, 4.69) is 30.0 Å². The SMILES string of the molecule is O=C(Nc1nc(-c2ccc(F)c(C(F)(F)F)c2)ns1)c1ccc(Nc2cc(OCC3CCCCC3)ncn2)cc1. The number of aromatic nitrogens is 4. The van der Waals surface area contributed by atoms with E-state index >= 15 is 0 Å². The number of hydrogen-bond donors (Lipinski definition) is 2. The molecule has 0 saturated heterocycles. The predicted molar refractivity (Wildman–Crippen MR) is 142 cm³/mol. The van der Waals surface area contributed by atoms with Gasteiger partial charge in [0.25, 0.3) is 5.91 Å². The Morgan fingerprint density at radius 2 is 1.80 bits per heavy atom. The number of alkyl halides is 3. The predicted octanol–water partition coefficient (Wildman–Crippen LogP) is 7.11. The molecule has 2 aromatic heterocycles. The molecule has 8 nitrogen and oxygen atoms in total. The Hall–Kier alpha value is -4.13. The van der Waals surface area contributed by atoms with Crippen molar-refractivity contribution in [2.45, 2.75) is 38.3 Å². The van der Waals surface area contributed by atoms with Crippen molar-refractivity contribution in [1.29, 1.82) is 0 Å². The van der Waals surface area contributed by atoms with Crippen molar-refractivity contribution < 1.29 is 27.1 Å². The van der Waals surface area contributed by atoms with Crippen molar-refractivity contribution >= 4 is 34.1 Å². The van der Waals surface area contributed by atoms with E-state index in [1.54, 1.807) is 30.3 Å². The molecular weight excluding hydrogens is 548 g/mol. The van der Waals surface area contributed by atoms with E-state index < -0.39 is 23.5 Å². The van der Waals surface area contributed by atoms with Gasteiger partial charge in [-0.2, -0.15) is 22.5 Å². The summed E-state index contributed by atoms with van der Waals surface area (Å²) in [5.74, 6) is -0.341. The lowest BCUT2D eigenvalue weighted by atomic mass is 9.90. The summed E-state index contributed by atoms with van der Waals surface area (Å²) < 4.78 is 62.5. The molecule has 0 atom stereocenters. The van der Waals surface area contributed by atoms with Crippen LogP contribution < -0.4 is 15.4 Å². The van der Waals surface area contributed by atoms with Crippen LogP contribution >= 0.6 is 11.5 Å². The van der Waals surface area contributed by atoms with E-state index in [1.165, 1.54) is 38.4 Å². The highest BCUT2D eigenvalue weighted by Gasteiger charge is 2.34. The van der Waals surface area contributed by atoms with Gasteiger partial charge in [0.15, 0.2) is 5.82 Å². The molecule has 1 aliphatic rings. The van der Waals surface area contributed by atoms with Gasteiger partial charge in [-0.15, -0.1) is 0 Å². The summed E-state index contributed by atoms with van der Waals surface area (Å²) in [6.45, 7) is 0.634. The lowest BCUT2D eigenvalue weighted by Gasteiger charge is -2.21. The van der Waals surface area contributed by atoms with Crippen molar-refractivity contribution in [3.8, 4) is 17.3 Å². The molecule has 5 rings (SSSR count). The first-order chi connectivity index (χ1) is 19.2. The summed E-state index contributed by atoms with van der Waals surface area (Å²) in [4.78, 5) is 25.1. The summed E-state index contributed by atoms with van der Waals surface area (Å²) in [5.41, 5.74) is -0.427. The number of anilines is 3. The second kappa shape index (κ2) is 11.9. The monoisotopic (exact) mass is 572 g/mol.